The number of nitrogens with one attached hydrogen (secondary N) is 2. The number of nitrogens with two attached hydrogens (primary N) is 2. The summed E-state index contributed by atoms with van der Waals surface area (Å²) >= 11 is 28.3. The average Bonchev–Trinajstić information content (AvgIpc) is 4.31. The number of ether oxygens (including phenoxy) is 1. The largest absolute Gasteiger partial charge is 0.507 e. The highest BCUT2D eigenvalue weighted by Gasteiger charge is 2.58. The molecule has 0 spiro atoms. The van der Waals surface area contributed by atoms with E-state index in [1.165, 1.54) is 23.5 Å². The van der Waals surface area contributed by atoms with Gasteiger partial charge in [0.05, 0.1) is 98.3 Å². The zero-order chi connectivity index (χ0) is 55.4. The first-order valence-electron chi connectivity index (χ1n) is 25.3. The van der Waals surface area contributed by atoms with E-state index in [1.54, 1.807) is 69.9 Å². The van der Waals surface area contributed by atoms with Crippen molar-refractivity contribution in [3.63, 3.8) is 0 Å². The summed E-state index contributed by atoms with van der Waals surface area (Å²) in [6.07, 6.45) is 11.1. The van der Waals surface area contributed by atoms with Gasteiger partial charge in [-0.3, -0.25) is 4.18 Å². The van der Waals surface area contributed by atoms with Crippen molar-refractivity contribution in [3.8, 4) is 34.0 Å². The predicted octanol–water partition coefficient (Wildman–Crippen LogP) is 10.4. The fourth-order valence-corrected chi connectivity index (χ4v) is 14.1. The Balaban J connectivity index is 0.000000132. The number of fused-ring (bicyclic) bond motifs is 2. The van der Waals surface area contributed by atoms with Crippen LogP contribution in [0, 0.1) is 18.8 Å². The number of nitrogens with zero attached hydrogens (tertiary/aromatic N) is 8. The highest BCUT2D eigenvalue weighted by molar-refractivity contribution is 7.86. The van der Waals surface area contributed by atoms with Gasteiger partial charge in [0.1, 0.15) is 11.5 Å². The number of hydrogen-bond acceptors (Lipinski definition) is 17. The van der Waals surface area contributed by atoms with Gasteiger partial charge in [-0.05, 0) is 93.7 Å². The standard InChI is InChI=1S/C23H22Cl2N6O2S.C18H17Cl2N5O2.C12H13NO3S2/c24-13-5-15(25)19(17(6-13)33-3-1-18-27-2-4-34-18)20-14-10-31(11-16(14)28-21(26)29-20)22(32)30-23-7-12(8-23)9-23;19-9-1-11(20)14(13(26)2-9)15-10-6-25(7-12(10)22-16(21)23-15)17(27)24-18-3-8(4-18)5-18;1-10-2-4-11(5-3-10)18(14,15)16-8-6-12-13-7-9-17-12/h2,4-6,12H,1,3,7-11H2,(H,30,32)(H2,26,28,29);1-2,8,26H,3-7H2,(H,24,27)(H2,21,22,23);2-5,7,9H,6,8H2,1H3. The van der Waals surface area contributed by atoms with Crippen LogP contribution >= 0.6 is 69.1 Å². The minimum atomic E-state index is -3.65. The third kappa shape index (κ3) is 11.7. The van der Waals surface area contributed by atoms with Crippen molar-refractivity contribution in [1.29, 1.82) is 0 Å². The lowest BCUT2D eigenvalue weighted by atomic mass is 9.50. The second kappa shape index (κ2) is 22.1. The Bertz CT molecular complexity index is 3540. The number of nitrogen functional groups attached to an aromatic ring is 2. The number of aryl methyl sites for hydroxylation is 1. The molecular formula is C53H52Cl4N12O7S3. The molecule has 4 bridgehead atoms. The number of carbonyl (C=O) groups excluding carboxylic acids is 2. The first-order valence-corrected chi connectivity index (χ1v) is 30.0. The monoisotopic (exact) mass is 1200 g/mol. The molecule has 412 valence electrons. The molecule has 7 aromatic rings. The molecule has 4 aromatic heterocycles. The number of urea groups is 2. The van der Waals surface area contributed by atoms with E-state index in [9.17, 15) is 23.1 Å². The van der Waals surface area contributed by atoms with Crippen LogP contribution in [-0.2, 0) is 53.3 Å². The Kier molecular flexibility index (Phi) is 15.3. The summed E-state index contributed by atoms with van der Waals surface area (Å²) in [6, 6.07) is 12.7. The number of hydrogen-bond donors (Lipinski definition) is 5. The number of rotatable bonds is 13. The van der Waals surface area contributed by atoms with E-state index in [2.05, 4.69) is 40.5 Å². The molecule has 0 radical (unpaired) electrons. The molecule has 0 unspecified atom stereocenters. The molecule has 8 aliphatic rings. The Morgan fingerprint density at radius 2 is 1.18 bits per heavy atom. The van der Waals surface area contributed by atoms with Gasteiger partial charge < -0.3 is 41.7 Å². The highest BCUT2D eigenvalue weighted by Crippen LogP contribution is 2.58. The molecule has 6 heterocycles. The van der Waals surface area contributed by atoms with Crippen LogP contribution in [0.25, 0.3) is 22.5 Å². The second-order valence-corrected chi connectivity index (χ2v) is 25.9. The number of benzene rings is 3. The van der Waals surface area contributed by atoms with E-state index in [-0.39, 0.29) is 57.3 Å². The topological polar surface area (TPSA) is 267 Å². The number of thiazole rings is 2. The molecule has 6 saturated carbocycles. The summed E-state index contributed by atoms with van der Waals surface area (Å²) in [5, 5.41) is 23.8. The van der Waals surface area contributed by atoms with E-state index in [0.29, 0.717) is 94.7 Å². The number of aromatic hydroxyl groups is 1. The van der Waals surface area contributed by atoms with E-state index < -0.39 is 10.1 Å². The van der Waals surface area contributed by atoms with Crippen molar-refractivity contribution in [3.05, 3.63) is 130 Å². The van der Waals surface area contributed by atoms with Gasteiger partial charge in [-0.2, -0.15) is 8.42 Å². The Labute approximate surface area is 483 Å². The SMILES string of the molecule is Cc1ccc(S(=O)(=O)OCCc2nccs2)cc1.Nc1nc2c(c(-c3c(Cl)cc(Cl)cc3OCCc3nccs3)n1)CN(C(=O)NC13CC(C1)C3)C2.Nc1nc2c(c(-c3c(O)cc(Cl)cc3Cl)n1)CN(C(=O)NC13CC(C1)C3)C2. The third-order valence-corrected chi connectivity index (χ3v) is 19.0. The number of anilines is 2. The Morgan fingerprint density at radius 3 is 1.65 bits per heavy atom. The van der Waals surface area contributed by atoms with Gasteiger partial charge in [0.25, 0.3) is 10.1 Å². The van der Waals surface area contributed by atoms with Crippen LogP contribution in [0.2, 0.25) is 20.1 Å². The lowest BCUT2D eigenvalue weighted by Crippen LogP contribution is -2.69. The zero-order valence-electron chi connectivity index (χ0n) is 42.3. The van der Waals surface area contributed by atoms with Crippen LogP contribution in [0.3, 0.4) is 0 Å². The normalized spacial score (nSPS) is 20.6. The first-order chi connectivity index (χ1) is 37.8. The van der Waals surface area contributed by atoms with Crippen molar-refractivity contribution < 1.29 is 32.0 Å². The van der Waals surface area contributed by atoms with E-state index in [4.69, 9.17) is 66.8 Å². The molecule has 2 aliphatic heterocycles. The molecule has 15 rings (SSSR count). The molecule has 6 aliphatic carbocycles. The molecule has 79 heavy (non-hydrogen) atoms. The summed E-state index contributed by atoms with van der Waals surface area (Å²) < 4.78 is 34.7. The molecular weight excluding hydrogens is 1150 g/mol. The zero-order valence-corrected chi connectivity index (χ0v) is 47.8. The fourth-order valence-electron chi connectivity index (χ4n) is 10.8. The van der Waals surface area contributed by atoms with Gasteiger partial charge in [-0.15, -0.1) is 22.7 Å². The van der Waals surface area contributed by atoms with Crippen molar-refractivity contribution >= 4 is 103 Å². The number of phenols is 1. The molecule has 19 nitrogen and oxygen atoms in total. The van der Waals surface area contributed by atoms with Gasteiger partial charge in [-0.1, -0.05) is 64.1 Å². The summed E-state index contributed by atoms with van der Waals surface area (Å²) in [5.74, 6) is 2.17. The average molecular weight is 1210 g/mol. The van der Waals surface area contributed by atoms with Gasteiger partial charge in [0.2, 0.25) is 11.9 Å². The second-order valence-electron chi connectivity index (χ2n) is 20.6. The van der Waals surface area contributed by atoms with Crippen molar-refractivity contribution in [1.82, 2.24) is 50.3 Å². The molecule has 0 atom stereocenters. The van der Waals surface area contributed by atoms with Crippen molar-refractivity contribution in [2.45, 2.75) is 100 Å². The van der Waals surface area contributed by atoms with E-state index in [1.807, 2.05) is 17.7 Å². The van der Waals surface area contributed by atoms with Crippen LogP contribution in [-0.4, -0.2) is 89.6 Å². The van der Waals surface area contributed by atoms with Crippen molar-refractivity contribution in [2.75, 3.05) is 24.7 Å². The fraction of sp³-hybridized carbons (Fsp3) is 0.358. The molecule has 7 N–H and O–H groups in total. The lowest BCUT2D eigenvalue weighted by Gasteiger charge is -2.61. The molecule has 3 aromatic carbocycles. The number of aromatic nitrogens is 6. The summed E-state index contributed by atoms with van der Waals surface area (Å²) in [7, 11) is -3.65. The summed E-state index contributed by atoms with van der Waals surface area (Å²) in [6.45, 7) is 3.82. The van der Waals surface area contributed by atoms with Gasteiger partial charge >= 0.3 is 12.1 Å². The maximum Gasteiger partial charge on any atom is 0.318 e. The number of carbonyl (C=O) groups is 2. The maximum absolute atomic E-state index is 13.0. The highest BCUT2D eigenvalue weighted by atomic mass is 35.5. The van der Waals surface area contributed by atoms with Crippen LogP contribution in [0.5, 0.6) is 11.5 Å². The van der Waals surface area contributed by atoms with E-state index in [0.717, 1.165) is 82.8 Å². The minimum absolute atomic E-state index is 0.00180. The quantitative estimate of drug-likeness (QED) is 0.0672. The smallest absolute Gasteiger partial charge is 0.318 e. The van der Waals surface area contributed by atoms with Crippen LogP contribution in [0.15, 0.2) is 76.6 Å². The summed E-state index contributed by atoms with van der Waals surface area (Å²) in [5.41, 5.74) is 17.8. The predicted molar refractivity (Wildman–Crippen MR) is 303 cm³/mol. The maximum atomic E-state index is 13.0. The molecule has 0 saturated heterocycles. The van der Waals surface area contributed by atoms with Crippen LogP contribution in [0.1, 0.15) is 76.6 Å². The lowest BCUT2D eigenvalue weighted by molar-refractivity contribution is -0.0436. The number of amides is 4. The van der Waals surface area contributed by atoms with Crippen LogP contribution in [0.4, 0.5) is 21.5 Å². The number of phenolic OH excluding ortho intramolecular Hbond substituents is 1. The van der Waals surface area contributed by atoms with Gasteiger partial charge in [-0.25, -0.2) is 39.5 Å². The Morgan fingerprint density at radius 1 is 0.696 bits per heavy atom. The van der Waals surface area contributed by atoms with Gasteiger partial charge in [0, 0.05) is 68.2 Å². The third-order valence-electron chi connectivity index (χ3n) is 14.9. The number of halogens is 4. The van der Waals surface area contributed by atoms with Crippen LogP contribution < -0.4 is 26.8 Å². The van der Waals surface area contributed by atoms with E-state index >= 15 is 0 Å². The Hall–Kier alpha value is -6.11. The minimum Gasteiger partial charge on any atom is -0.507 e. The summed E-state index contributed by atoms with van der Waals surface area (Å²) in [4.78, 5) is 55.2. The molecule has 4 amide bonds. The molecule has 26 heteroatoms. The first kappa shape index (κ1) is 54.8. The molecule has 6 fully saturated rings. The van der Waals surface area contributed by atoms with Crippen molar-refractivity contribution in [2.24, 2.45) is 11.8 Å². The van der Waals surface area contributed by atoms with Gasteiger partial charge in [0.15, 0.2) is 0 Å².